The number of hydrogen-bond acceptors (Lipinski definition) is 4. The van der Waals surface area contributed by atoms with Gasteiger partial charge >= 0.3 is 0 Å². The molecule has 0 aliphatic heterocycles. The van der Waals surface area contributed by atoms with Gasteiger partial charge in [-0.25, -0.2) is 8.42 Å². The number of nitrogens with zero attached hydrogens (tertiary/aromatic N) is 2. The van der Waals surface area contributed by atoms with Crippen LogP contribution in [0.3, 0.4) is 0 Å². The number of nitrogens with one attached hydrogen (secondary N) is 1. The molecule has 1 N–H and O–H groups in total. The molecule has 0 spiro atoms. The first-order valence-corrected chi connectivity index (χ1v) is 13.7. The second kappa shape index (κ2) is 11.8. The van der Waals surface area contributed by atoms with E-state index in [0.717, 1.165) is 46.7 Å². The Labute approximate surface area is 209 Å². The van der Waals surface area contributed by atoms with Crippen LogP contribution in [0.25, 0.3) is 0 Å². The number of carbonyl (C=O) groups is 2. The highest BCUT2D eigenvalue weighted by atomic mass is 32.2. The maximum absolute atomic E-state index is 13.5. The second-order valence-electron chi connectivity index (χ2n) is 9.60. The van der Waals surface area contributed by atoms with E-state index < -0.39 is 22.0 Å². The summed E-state index contributed by atoms with van der Waals surface area (Å²) >= 11 is 0. The summed E-state index contributed by atoms with van der Waals surface area (Å²) in [6.45, 7) is 5.42. The van der Waals surface area contributed by atoms with Gasteiger partial charge in [-0.2, -0.15) is 4.31 Å². The monoisotopic (exact) mass is 499 g/mol. The summed E-state index contributed by atoms with van der Waals surface area (Å²) in [6.07, 6.45) is 5.26. The SMILES string of the molecule is Cc1ccc(S(=O)(=O)N(C)CC(=O)N(Cc2cccc(C)c2)[C@H](C)C(=O)NC2CCCCC2)cc1. The van der Waals surface area contributed by atoms with Gasteiger partial charge in [0.2, 0.25) is 21.8 Å². The van der Waals surface area contributed by atoms with Gasteiger partial charge in [0.25, 0.3) is 0 Å². The third-order valence-electron chi connectivity index (χ3n) is 6.64. The maximum Gasteiger partial charge on any atom is 0.243 e. The van der Waals surface area contributed by atoms with Crippen molar-refractivity contribution in [2.24, 2.45) is 0 Å². The number of aryl methyl sites for hydroxylation is 2. The molecule has 7 nitrogen and oxygen atoms in total. The van der Waals surface area contributed by atoms with Gasteiger partial charge in [0, 0.05) is 19.6 Å². The van der Waals surface area contributed by atoms with Crippen molar-refractivity contribution in [1.29, 1.82) is 0 Å². The molecule has 2 amide bonds. The fraction of sp³-hybridized carbons (Fsp3) is 0.481. The van der Waals surface area contributed by atoms with E-state index in [1.54, 1.807) is 19.1 Å². The highest BCUT2D eigenvalue weighted by Gasteiger charge is 2.31. The van der Waals surface area contributed by atoms with Gasteiger partial charge < -0.3 is 10.2 Å². The van der Waals surface area contributed by atoms with E-state index in [9.17, 15) is 18.0 Å². The largest absolute Gasteiger partial charge is 0.352 e. The fourth-order valence-electron chi connectivity index (χ4n) is 4.42. The van der Waals surface area contributed by atoms with E-state index in [1.807, 2.05) is 38.1 Å². The first kappa shape index (κ1) is 26.9. The number of benzene rings is 2. The van der Waals surface area contributed by atoms with Crippen molar-refractivity contribution in [2.45, 2.75) is 76.4 Å². The molecule has 0 unspecified atom stereocenters. The van der Waals surface area contributed by atoms with Crippen LogP contribution in [0, 0.1) is 13.8 Å². The number of sulfonamides is 1. The Balaban J connectivity index is 1.79. The summed E-state index contributed by atoms with van der Waals surface area (Å²) in [7, 11) is -2.45. The molecule has 1 saturated carbocycles. The molecule has 2 aromatic rings. The third kappa shape index (κ3) is 7.15. The average molecular weight is 500 g/mol. The fourth-order valence-corrected chi connectivity index (χ4v) is 5.54. The molecule has 0 saturated heterocycles. The van der Waals surface area contributed by atoms with Crippen LogP contribution in [0.1, 0.15) is 55.7 Å². The lowest BCUT2D eigenvalue weighted by Crippen LogP contribution is -2.52. The number of likely N-dealkylation sites (N-methyl/N-ethyl adjacent to an activating group) is 1. The first-order valence-electron chi connectivity index (χ1n) is 12.3. The first-order chi connectivity index (χ1) is 16.6. The van der Waals surface area contributed by atoms with E-state index >= 15 is 0 Å². The predicted molar refractivity (Wildman–Crippen MR) is 137 cm³/mol. The van der Waals surface area contributed by atoms with Gasteiger partial charge in [0.15, 0.2) is 0 Å². The molecule has 1 aliphatic rings. The molecular formula is C27H37N3O4S. The molecule has 0 bridgehead atoms. The van der Waals surface area contributed by atoms with Gasteiger partial charge in [-0.3, -0.25) is 9.59 Å². The van der Waals surface area contributed by atoms with Crippen molar-refractivity contribution in [2.75, 3.05) is 13.6 Å². The standard InChI is InChI=1S/C27H37N3O4S/c1-20-13-15-25(16-14-20)35(33,34)29(4)19-26(31)30(18-23-10-8-9-21(2)17-23)22(3)27(32)28-24-11-6-5-7-12-24/h8-10,13-17,22,24H,5-7,11-12,18-19H2,1-4H3,(H,28,32)/t22-/m1/s1. The van der Waals surface area contributed by atoms with Crippen molar-refractivity contribution < 1.29 is 18.0 Å². The Morgan fingerprint density at radius 3 is 2.29 bits per heavy atom. The lowest BCUT2D eigenvalue weighted by molar-refractivity contribution is -0.141. The zero-order valence-electron chi connectivity index (χ0n) is 21.2. The predicted octanol–water partition coefficient (Wildman–Crippen LogP) is 3.79. The summed E-state index contributed by atoms with van der Waals surface area (Å²) in [5.41, 5.74) is 2.89. The molecular weight excluding hydrogens is 462 g/mol. The van der Waals surface area contributed by atoms with E-state index in [-0.39, 0.29) is 29.9 Å². The minimum Gasteiger partial charge on any atom is -0.352 e. The Bertz CT molecular complexity index is 1130. The van der Waals surface area contributed by atoms with Gasteiger partial charge in [-0.05, 0) is 51.3 Å². The molecule has 8 heteroatoms. The van der Waals surface area contributed by atoms with Crippen molar-refractivity contribution in [3.63, 3.8) is 0 Å². The third-order valence-corrected chi connectivity index (χ3v) is 8.46. The van der Waals surface area contributed by atoms with Crippen LogP contribution in [-0.2, 0) is 26.2 Å². The number of carbonyl (C=O) groups excluding carboxylic acids is 2. The maximum atomic E-state index is 13.5. The van der Waals surface area contributed by atoms with Crippen molar-refractivity contribution in [3.8, 4) is 0 Å². The molecule has 2 aromatic carbocycles. The lowest BCUT2D eigenvalue weighted by Gasteiger charge is -2.32. The Morgan fingerprint density at radius 1 is 1.00 bits per heavy atom. The minimum atomic E-state index is -3.85. The molecule has 0 radical (unpaired) electrons. The van der Waals surface area contributed by atoms with Crippen LogP contribution >= 0.6 is 0 Å². The summed E-state index contributed by atoms with van der Waals surface area (Å²) in [6, 6.07) is 13.7. The second-order valence-corrected chi connectivity index (χ2v) is 11.6. The molecule has 35 heavy (non-hydrogen) atoms. The topological polar surface area (TPSA) is 86.8 Å². The van der Waals surface area contributed by atoms with Gasteiger partial charge in [-0.1, -0.05) is 66.8 Å². The van der Waals surface area contributed by atoms with Crippen LogP contribution in [0.15, 0.2) is 53.4 Å². The van der Waals surface area contributed by atoms with Crippen molar-refractivity contribution in [1.82, 2.24) is 14.5 Å². The zero-order chi connectivity index (χ0) is 25.6. The van der Waals surface area contributed by atoms with Crippen LogP contribution in [0.5, 0.6) is 0 Å². The molecule has 3 rings (SSSR count). The summed E-state index contributed by atoms with van der Waals surface area (Å²) in [5, 5.41) is 3.10. The molecule has 190 valence electrons. The van der Waals surface area contributed by atoms with E-state index in [0.29, 0.717) is 0 Å². The Hall–Kier alpha value is -2.71. The lowest BCUT2D eigenvalue weighted by atomic mass is 9.95. The highest BCUT2D eigenvalue weighted by Crippen LogP contribution is 2.19. The molecule has 0 heterocycles. The zero-order valence-corrected chi connectivity index (χ0v) is 22.0. The van der Waals surface area contributed by atoms with Crippen molar-refractivity contribution in [3.05, 3.63) is 65.2 Å². The minimum absolute atomic E-state index is 0.124. The van der Waals surface area contributed by atoms with E-state index in [1.165, 1.54) is 30.5 Å². The molecule has 1 atom stereocenters. The average Bonchev–Trinajstić information content (AvgIpc) is 2.83. The van der Waals surface area contributed by atoms with Crippen LogP contribution < -0.4 is 5.32 Å². The van der Waals surface area contributed by atoms with Crippen LogP contribution in [0.4, 0.5) is 0 Å². The van der Waals surface area contributed by atoms with Gasteiger partial charge in [0.05, 0.1) is 11.4 Å². The van der Waals surface area contributed by atoms with Crippen LogP contribution in [-0.4, -0.2) is 55.1 Å². The van der Waals surface area contributed by atoms with Crippen molar-refractivity contribution >= 4 is 21.8 Å². The van der Waals surface area contributed by atoms with Gasteiger partial charge in [0.1, 0.15) is 6.04 Å². The number of hydrogen-bond donors (Lipinski definition) is 1. The van der Waals surface area contributed by atoms with E-state index in [4.69, 9.17) is 0 Å². The van der Waals surface area contributed by atoms with E-state index in [2.05, 4.69) is 5.32 Å². The quantitative estimate of drug-likeness (QED) is 0.569. The van der Waals surface area contributed by atoms with Crippen LogP contribution in [0.2, 0.25) is 0 Å². The number of amides is 2. The molecule has 1 fully saturated rings. The molecule has 1 aliphatic carbocycles. The normalized spacial score (nSPS) is 15.6. The summed E-state index contributed by atoms with van der Waals surface area (Å²) < 4.78 is 27.1. The number of rotatable bonds is 9. The summed E-state index contributed by atoms with van der Waals surface area (Å²) in [4.78, 5) is 28.2. The molecule has 0 aromatic heterocycles. The Morgan fingerprint density at radius 2 is 1.66 bits per heavy atom. The highest BCUT2D eigenvalue weighted by molar-refractivity contribution is 7.89. The smallest absolute Gasteiger partial charge is 0.243 e. The summed E-state index contributed by atoms with van der Waals surface area (Å²) in [5.74, 6) is -0.627. The van der Waals surface area contributed by atoms with Gasteiger partial charge in [-0.15, -0.1) is 0 Å². The Kier molecular flexibility index (Phi) is 9.08.